The molecule has 0 aliphatic rings. The smallest absolute Gasteiger partial charge is 0.165 e. The molecule has 0 atom stereocenters. The number of nitrogens with zero attached hydrogens (tertiary/aromatic N) is 3. The number of rotatable bonds is 4. The maximum Gasteiger partial charge on any atom is 0.165 e. The van der Waals surface area contributed by atoms with Crippen molar-refractivity contribution in [2.75, 3.05) is 5.43 Å². The van der Waals surface area contributed by atoms with E-state index < -0.39 is 0 Å². The Morgan fingerprint density at radius 2 is 1.74 bits per heavy atom. The van der Waals surface area contributed by atoms with Crippen molar-refractivity contribution in [2.45, 2.75) is 6.92 Å². The summed E-state index contributed by atoms with van der Waals surface area (Å²) in [6.45, 7) is 1.87. The largest absolute Gasteiger partial charge is 0.507 e. The molecular weight excluding hydrogens is 288 g/mol. The Kier molecular flexibility index (Phi) is 4.29. The second kappa shape index (κ2) is 6.70. The second-order valence-electron chi connectivity index (χ2n) is 5.02. The van der Waals surface area contributed by atoms with Gasteiger partial charge in [-0.3, -0.25) is 5.43 Å². The van der Waals surface area contributed by atoms with Gasteiger partial charge in [0.05, 0.1) is 11.8 Å². The van der Waals surface area contributed by atoms with Crippen molar-refractivity contribution in [3.63, 3.8) is 0 Å². The Hall–Kier alpha value is -3.21. The van der Waals surface area contributed by atoms with Gasteiger partial charge in [-0.1, -0.05) is 42.5 Å². The predicted molar refractivity (Wildman–Crippen MR) is 91.5 cm³/mol. The van der Waals surface area contributed by atoms with Crippen LogP contribution in [0.5, 0.6) is 5.75 Å². The standard InChI is InChI=1S/C18H16N4O/c1-13-11-17(22-19-12-14-7-3-2-4-8-14)21-18(20-13)15-9-5-6-10-16(15)23/h2-12,23H,1H3,(H,20,21,22)/b19-12+. The molecule has 23 heavy (non-hydrogen) atoms. The molecule has 0 amide bonds. The van der Waals surface area contributed by atoms with Crippen LogP contribution in [-0.2, 0) is 0 Å². The molecular formula is C18H16N4O. The van der Waals surface area contributed by atoms with Crippen molar-refractivity contribution in [3.05, 3.63) is 71.9 Å². The number of benzene rings is 2. The molecule has 0 saturated carbocycles. The van der Waals surface area contributed by atoms with Crippen LogP contribution in [0.15, 0.2) is 65.8 Å². The molecule has 0 radical (unpaired) electrons. The molecule has 0 saturated heterocycles. The molecule has 3 aromatic rings. The van der Waals surface area contributed by atoms with E-state index >= 15 is 0 Å². The number of anilines is 1. The van der Waals surface area contributed by atoms with Crippen molar-refractivity contribution in [3.8, 4) is 17.1 Å². The fraction of sp³-hybridized carbons (Fsp3) is 0.0556. The molecule has 0 bridgehead atoms. The third-order valence-electron chi connectivity index (χ3n) is 3.19. The number of hydrogen-bond acceptors (Lipinski definition) is 5. The third-order valence-corrected chi connectivity index (χ3v) is 3.19. The summed E-state index contributed by atoms with van der Waals surface area (Å²) in [6.07, 6.45) is 1.72. The third kappa shape index (κ3) is 3.71. The Labute approximate surface area is 134 Å². The van der Waals surface area contributed by atoms with Crippen molar-refractivity contribution >= 4 is 12.0 Å². The Morgan fingerprint density at radius 1 is 1.00 bits per heavy atom. The normalized spacial score (nSPS) is 10.8. The molecule has 2 aromatic carbocycles. The van der Waals surface area contributed by atoms with Gasteiger partial charge in [0.15, 0.2) is 11.6 Å². The first-order chi connectivity index (χ1) is 11.2. The zero-order valence-corrected chi connectivity index (χ0v) is 12.6. The number of hydrogen-bond donors (Lipinski definition) is 2. The Morgan fingerprint density at radius 3 is 2.52 bits per heavy atom. The number of aryl methyl sites for hydroxylation is 1. The van der Waals surface area contributed by atoms with Gasteiger partial charge in [0.2, 0.25) is 0 Å². The van der Waals surface area contributed by atoms with Crippen LogP contribution in [0.1, 0.15) is 11.3 Å². The van der Waals surface area contributed by atoms with Crippen LogP contribution in [0, 0.1) is 6.92 Å². The van der Waals surface area contributed by atoms with Gasteiger partial charge in [0.25, 0.3) is 0 Å². The van der Waals surface area contributed by atoms with Crippen LogP contribution < -0.4 is 5.43 Å². The molecule has 3 rings (SSSR count). The minimum atomic E-state index is 0.150. The number of phenols is 1. The summed E-state index contributed by atoms with van der Waals surface area (Å²) in [5, 5.41) is 14.1. The quantitative estimate of drug-likeness (QED) is 0.570. The van der Waals surface area contributed by atoms with Crippen molar-refractivity contribution in [1.29, 1.82) is 0 Å². The van der Waals surface area contributed by atoms with Gasteiger partial charge in [-0.15, -0.1) is 0 Å². The van der Waals surface area contributed by atoms with Gasteiger partial charge in [-0.05, 0) is 24.6 Å². The number of aromatic hydroxyl groups is 1. The second-order valence-corrected chi connectivity index (χ2v) is 5.02. The highest BCUT2D eigenvalue weighted by atomic mass is 16.3. The first kappa shape index (κ1) is 14.7. The molecule has 2 N–H and O–H groups in total. The molecule has 0 aliphatic carbocycles. The summed E-state index contributed by atoms with van der Waals surface area (Å²) in [7, 11) is 0. The van der Waals surface area contributed by atoms with E-state index in [1.165, 1.54) is 0 Å². The van der Waals surface area contributed by atoms with Crippen LogP contribution in [0.3, 0.4) is 0 Å². The van der Waals surface area contributed by atoms with E-state index in [4.69, 9.17) is 0 Å². The highest BCUT2D eigenvalue weighted by Crippen LogP contribution is 2.26. The molecule has 0 spiro atoms. The van der Waals surface area contributed by atoms with Gasteiger partial charge in [0, 0.05) is 11.8 Å². The molecule has 0 unspecified atom stereocenters. The molecule has 1 aromatic heterocycles. The van der Waals surface area contributed by atoms with Crippen molar-refractivity contribution < 1.29 is 5.11 Å². The van der Waals surface area contributed by atoms with Gasteiger partial charge >= 0.3 is 0 Å². The maximum atomic E-state index is 9.94. The van der Waals surface area contributed by atoms with Crippen LogP contribution in [0.2, 0.25) is 0 Å². The highest BCUT2D eigenvalue weighted by Gasteiger charge is 2.08. The Bertz CT molecular complexity index is 831. The van der Waals surface area contributed by atoms with E-state index in [9.17, 15) is 5.11 Å². The molecule has 114 valence electrons. The summed E-state index contributed by atoms with van der Waals surface area (Å²) in [4.78, 5) is 8.77. The summed E-state index contributed by atoms with van der Waals surface area (Å²) < 4.78 is 0. The van der Waals surface area contributed by atoms with Crippen LogP contribution >= 0.6 is 0 Å². The van der Waals surface area contributed by atoms with Crippen LogP contribution in [0.4, 0.5) is 5.82 Å². The number of nitrogens with one attached hydrogen (secondary N) is 1. The van der Waals surface area contributed by atoms with E-state index in [2.05, 4.69) is 20.5 Å². The lowest BCUT2D eigenvalue weighted by atomic mass is 10.2. The van der Waals surface area contributed by atoms with Crippen LogP contribution in [-0.4, -0.2) is 21.3 Å². The fourth-order valence-corrected chi connectivity index (χ4v) is 2.12. The number of aromatic nitrogens is 2. The van der Waals surface area contributed by atoms with Gasteiger partial charge in [-0.25, -0.2) is 9.97 Å². The van der Waals surface area contributed by atoms with Crippen LogP contribution in [0.25, 0.3) is 11.4 Å². The van der Waals surface area contributed by atoms with Gasteiger partial charge in [-0.2, -0.15) is 5.10 Å². The predicted octanol–water partition coefficient (Wildman–Crippen LogP) is 3.60. The molecule has 0 fully saturated rings. The monoisotopic (exact) mass is 304 g/mol. The minimum Gasteiger partial charge on any atom is -0.507 e. The highest BCUT2D eigenvalue weighted by molar-refractivity contribution is 5.80. The summed E-state index contributed by atoms with van der Waals surface area (Å²) in [5.74, 6) is 1.18. The summed E-state index contributed by atoms with van der Waals surface area (Å²) in [6, 6.07) is 18.6. The number of hydrazone groups is 1. The van der Waals surface area contributed by atoms with E-state index in [1.54, 1.807) is 30.5 Å². The SMILES string of the molecule is Cc1cc(N/N=C/c2ccccc2)nc(-c2ccccc2O)n1. The first-order valence-electron chi connectivity index (χ1n) is 7.20. The Balaban J connectivity index is 1.84. The zero-order valence-electron chi connectivity index (χ0n) is 12.6. The van der Waals surface area contributed by atoms with E-state index in [-0.39, 0.29) is 5.75 Å². The molecule has 1 heterocycles. The maximum absolute atomic E-state index is 9.94. The molecule has 5 nitrogen and oxygen atoms in total. The average Bonchev–Trinajstić information content (AvgIpc) is 2.56. The zero-order chi connectivity index (χ0) is 16.1. The lowest BCUT2D eigenvalue weighted by Gasteiger charge is -2.06. The van der Waals surface area contributed by atoms with E-state index in [1.807, 2.05) is 43.3 Å². The molecule has 0 aliphatic heterocycles. The number of para-hydroxylation sites is 1. The van der Waals surface area contributed by atoms with Crippen molar-refractivity contribution in [2.24, 2.45) is 5.10 Å². The minimum absolute atomic E-state index is 0.150. The van der Waals surface area contributed by atoms with E-state index in [0.717, 1.165) is 11.3 Å². The fourth-order valence-electron chi connectivity index (χ4n) is 2.12. The van der Waals surface area contributed by atoms with Gasteiger partial charge < -0.3 is 5.11 Å². The van der Waals surface area contributed by atoms with Gasteiger partial charge in [0.1, 0.15) is 5.75 Å². The van der Waals surface area contributed by atoms with Crippen molar-refractivity contribution in [1.82, 2.24) is 9.97 Å². The average molecular weight is 304 g/mol. The van der Waals surface area contributed by atoms with E-state index in [0.29, 0.717) is 17.2 Å². The molecule has 5 heteroatoms. The summed E-state index contributed by atoms with van der Waals surface area (Å²) >= 11 is 0. The topological polar surface area (TPSA) is 70.4 Å². The number of phenolic OH excluding ortho intramolecular Hbond substituents is 1. The lowest BCUT2D eigenvalue weighted by molar-refractivity contribution is 0.477. The summed E-state index contributed by atoms with van der Waals surface area (Å²) in [5.41, 5.74) is 5.27. The lowest BCUT2D eigenvalue weighted by Crippen LogP contribution is -1.99. The first-order valence-corrected chi connectivity index (χ1v) is 7.20.